The van der Waals surface area contributed by atoms with Crippen molar-refractivity contribution in [1.29, 1.82) is 0 Å². The first-order valence-electron chi connectivity index (χ1n) is 8.99. The van der Waals surface area contributed by atoms with Crippen molar-refractivity contribution in [2.24, 2.45) is 4.99 Å². The number of ether oxygens (including phenoxy) is 1. The van der Waals surface area contributed by atoms with Gasteiger partial charge in [-0.3, -0.25) is 9.89 Å². The first-order valence-corrected chi connectivity index (χ1v) is 10.9. The van der Waals surface area contributed by atoms with Gasteiger partial charge in [0.15, 0.2) is 5.96 Å². The Morgan fingerprint density at radius 3 is 2.81 bits per heavy atom. The topological polar surface area (TPSA) is 61.8 Å². The van der Waals surface area contributed by atoms with Crippen molar-refractivity contribution in [2.45, 2.75) is 37.1 Å². The Balaban J connectivity index is 0.00000338. The lowest BCUT2D eigenvalue weighted by Crippen LogP contribution is -2.52. The van der Waals surface area contributed by atoms with E-state index in [-0.39, 0.29) is 29.5 Å². The second-order valence-corrected chi connectivity index (χ2v) is 8.77. The third kappa shape index (κ3) is 8.73. The van der Waals surface area contributed by atoms with Gasteiger partial charge in [0, 0.05) is 49.0 Å². The molecule has 1 aromatic rings. The summed E-state index contributed by atoms with van der Waals surface area (Å²) in [6.45, 7) is 12.8. The Hall–Kier alpha value is -0.100. The van der Waals surface area contributed by atoms with Gasteiger partial charge in [-0.15, -0.1) is 35.3 Å². The smallest absolute Gasteiger partial charge is 0.191 e. The standard InChI is InChI=1S/C17H31N5OS2.HI/c1-4-18-15(19-6-5-12-24-16-20-7-13-25-16)21-14-17(2,3)22-8-10-23-11-9-22;/h7,13H,4-6,8-12,14H2,1-3H3,(H2,18,19,21);1H. The monoisotopic (exact) mass is 513 g/mol. The molecule has 1 fully saturated rings. The minimum atomic E-state index is 0. The summed E-state index contributed by atoms with van der Waals surface area (Å²) in [5.41, 5.74) is 0.0484. The lowest BCUT2D eigenvalue weighted by molar-refractivity contribution is -0.00683. The summed E-state index contributed by atoms with van der Waals surface area (Å²) in [5.74, 6) is 1.97. The first kappa shape index (κ1) is 23.9. The van der Waals surface area contributed by atoms with Crippen LogP contribution in [0.15, 0.2) is 20.9 Å². The molecule has 1 aromatic heterocycles. The molecule has 6 nitrogen and oxygen atoms in total. The molecular weight excluding hydrogens is 481 g/mol. The molecule has 2 heterocycles. The van der Waals surface area contributed by atoms with Gasteiger partial charge in [-0.05, 0) is 27.2 Å². The van der Waals surface area contributed by atoms with Gasteiger partial charge in [0.05, 0.1) is 19.8 Å². The second-order valence-electron chi connectivity index (χ2n) is 6.53. The number of thioether (sulfide) groups is 1. The Bertz CT molecular complexity index is 507. The van der Waals surface area contributed by atoms with E-state index in [1.54, 1.807) is 11.3 Å². The molecule has 26 heavy (non-hydrogen) atoms. The fourth-order valence-corrected chi connectivity index (χ4v) is 4.25. The molecule has 1 aliphatic heterocycles. The zero-order chi connectivity index (χ0) is 18.0. The summed E-state index contributed by atoms with van der Waals surface area (Å²) in [6.07, 6.45) is 2.94. The van der Waals surface area contributed by atoms with Gasteiger partial charge in [0.1, 0.15) is 4.34 Å². The van der Waals surface area contributed by atoms with Crippen LogP contribution in [0.5, 0.6) is 0 Å². The summed E-state index contributed by atoms with van der Waals surface area (Å²) in [5, 5.41) is 8.80. The van der Waals surface area contributed by atoms with Crippen LogP contribution in [0.4, 0.5) is 0 Å². The van der Waals surface area contributed by atoms with Crippen molar-refractivity contribution >= 4 is 53.0 Å². The van der Waals surface area contributed by atoms with Crippen LogP contribution >= 0.6 is 47.1 Å². The number of hydrogen-bond acceptors (Lipinski definition) is 6. The van der Waals surface area contributed by atoms with Crippen molar-refractivity contribution in [2.75, 3.05) is 51.7 Å². The van der Waals surface area contributed by atoms with E-state index in [1.165, 1.54) is 0 Å². The zero-order valence-electron chi connectivity index (χ0n) is 16.0. The largest absolute Gasteiger partial charge is 0.379 e. The molecule has 150 valence electrons. The molecular formula is C17H32IN5OS2. The number of guanidine groups is 1. The molecule has 2 N–H and O–H groups in total. The third-order valence-corrected chi connectivity index (χ3v) is 6.14. The predicted molar refractivity (Wildman–Crippen MR) is 123 cm³/mol. The van der Waals surface area contributed by atoms with Crippen LogP contribution < -0.4 is 10.6 Å². The lowest BCUT2D eigenvalue weighted by atomic mass is 10.0. The molecule has 9 heteroatoms. The SMILES string of the molecule is CCNC(=NCC(C)(C)N1CCOCC1)NCCCSc1nccs1.I. The predicted octanol–water partition coefficient (Wildman–Crippen LogP) is 2.91. The van der Waals surface area contributed by atoms with Crippen molar-refractivity contribution in [3.8, 4) is 0 Å². The molecule has 1 saturated heterocycles. The maximum absolute atomic E-state index is 5.45. The highest BCUT2D eigenvalue weighted by Crippen LogP contribution is 2.20. The molecule has 0 spiro atoms. The fraction of sp³-hybridized carbons (Fsp3) is 0.765. The normalized spacial score (nSPS) is 16.2. The molecule has 0 bridgehead atoms. The minimum absolute atomic E-state index is 0. The zero-order valence-corrected chi connectivity index (χ0v) is 20.0. The van der Waals surface area contributed by atoms with Crippen molar-refractivity contribution in [1.82, 2.24) is 20.5 Å². The number of aliphatic imine (C=N–C) groups is 1. The lowest BCUT2D eigenvalue weighted by Gasteiger charge is -2.39. The van der Waals surface area contributed by atoms with E-state index in [0.717, 1.165) is 68.4 Å². The van der Waals surface area contributed by atoms with Crippen molar-refractivity contribution in [3.05, 3.63) is 11.6 Å². The van der Waals surface area contributed by atoms with Crippen LogP contribution in [0.1, 0.15) is 27.2 Å². The van der Waals surface area contributed by atoms with Crippen LogP contribution in [0.2, 0.25) is 0 Å². The summed E-state index contributed by atoms with van der Waals surface area (Å²) in [7, 11) is 0. The average molecular weight is 514 g/mol. The van der Waals surface area contributed by atoms with Crippen LogP contribution in [0, 0.1) is 0 Å². The molecule has 0 aliphatic carbocycles. The number of morpholine rings is 1. The van der Waals surface area contributed by atoms with E-state index < -0.39 is 0 Å². The van der Waals surface area contributed by atoms with Gasteiger partial charge in [0.2, 0.25) is 0 Å². The molecule has 0 saturated carbocycles. The van der Waals surface area contributed by atoms with Crippen LogP contribution in [-0.4, -0.2) is 73.1 Å². The molecule has 0 unspecified atom stereocenters. The van der Waals surface area contributed by atoms with Gasteiger partial charge in [-0.25, -0.2) is 4.98 Å². The second kappa shape index (κ2) is 13.1. The molecule has 0 aromatic carbocycles. The molecule has 2 rings (SSSR count). The number of rotatable bonds is 9. The highest BCUT2D eigenvalue weighted by atomic mass is 127. The van der Waals surface area contributed by atoms with Crippen LogP contribution in [0.3, 0.4) is 0 Å². The molecule has 0 atom stereocenters. The summed E-state index contributed by atoms with van der Waals surface area (Å²) >= 11 is 3.52. The van der Waals surface area contributed by atoms with E-state index >= 15 is 0 Å². The molecule has 1 aliphatic rings. The quantitative estimate of drug-likeness (QED) is 0.174. The number of nitrogens with one attached hydrogen (secondary N) is 2. The first-order chi connectivity index (χ1) is 12.1. The Morgan fingerprint density at radius 1 is 1.38 bits per heavy atom. The average Bonchev–Trinajstić information content (AvgIpc) is 3.13. The summed E-state index contributed by atoms with van der Waals surface area (Å²) < 4.78 is 6.60. The molecule has 0 radical (unpaired) electrons. The fourth-order valence-electron chi connectivity index (χ4n) is 2.60. The maximum Gasteiger partial charge on any atom is 0.191 e. The number of thiazole rings is 1. The van der Waals surface area contributed by atoms with Gasteiger partial charge < -0.3 is 15.4 Å². The number of aromatic nitrogens is 1. The Labute approximate surface area is 183 Å². The number of halogens is 1. The number of nitrogens with zero attached hydrogens (tertiary/aromatic N) is 3. The summed E-state index contributed by atoms with van der Waals surface area (Å²) in [4.78, 5) is 11.6. The van der Waals surface area contributed by atoms with Gasteiger partial charge in [0.25, 0.3) is 0 Å². The van der Waals surface area contributed by atoms with Gasteiger partial charge in [-0.2, -0.15) is 0 Å². The van der Waals surface area contributed by atoms with E-state index in [9.17, 15) is 0 Å². The highest BCUT2D eigenvalue weighted by molar-refractivity contribution is 14.0. The minimum Gasteiger partial charge on any atom is -0.379 e. The Kier molecular flexibility index (Phi) is 12.1. The van der Waals surface area contributed by atoms with Gasteiger partial charge >= 0.3 is 0 Å². The highest BCUT2D eigenvalue weighted by Gasteiger charge is 2.28. The van der Waals surface area contributed by atoms with E-state index in [4.69, 9.17) is 9.73 Å². The Morgan fingerprint density at radius 2 is 2.15 bits per heavy atom. The van der Waals surface area contributed by atoms with Gasteiger partial charge in [-0.1, -0.05) is 11.8 Å². The van der Waals surface area contributed by atoms with Crippen molar-refractivity contribution < 1.29 is 4.74 Å². The van der Waals surface area contributed by atoms with Crippen LogP contribution in [0.25, 0.3) is 0 Å². The van der Waals surface area contributed by atoms with E-state index in [2.05, 4.69) is 41.3 Å². The van der Waals surface area contributed by atoms with E-state index in [1.807, 2.05) is 23.3 Å². The van der Waals surface area contributed by atoms with E-state index in [0.29, 0.717) is 0 Å². The third-order valence-electron chi connectivity index (χ3n) is 4.08. The van der Waals surface area contributed by atoms with Crippen LogP contribution in [-0.2, 0) is 4.74 Å². The maximum atomic E-state index is 5.45. The van der Waals surface area contributed by atoms with Crippen molar-refractivity contribution in [3.63, 3.8) is 0 Å². The number of hydrogen-bond donors (Lipinski definition) is 2. The molecule has 0 amide bonds. The summed E-state index contributed by atoms with van der Waals surface area (Å²) in [6, 6.07) is 0.